The summed E-state index contributed by atoms with van der Waals surface area (Å²) >= 11 is 0. The van der Waals surface area contributed by atoms with E-state index in [1.807, 2.05) is 18.2 Å². The van der Waals surface area contributed by atoms with E-state index in [0.717, 1.165) is 49.1 Å². The molecule has 0 spiro atoms. The average molecular weight is 473 g/mol. The Morgan fingerprint density at radius 3 is 2.29 bits per heavy atom. The number of carbonyl (C=O) groups excluding carboxylic acids is 2. The van der Waals surface area contributed by atoms with Crippen molar-refractivity contribution < 1.29 is 27.8 Å². The van der Waals surface area contributed by atoms with Crippen LogP contribution in [0.5, 0.6) is 11.5 Å². The molecule has 2 aliphatic rings. The van der Waals surface area contributed by atoms with Crippen LogP contribution in [0.1, 0.15) is 55.5 Å². The van der Waals surface area contributed by atoms with E-state index in [0.29, 0.717) is 25.5 Å². The second-order valence-electron chi connectivity index (χ2n) is 9.36. The zero-order valence-electron chi connectivity index (χ0n) is 19.5. The summed E-state index contributed by atoms with van der Waals surface area (Å²) in [5, 5.41) is 5.51. The number of nitrogens with one attached hydrogen (secondary N) is 2. The molecular weight excluding hydrogens is 442 g/mol. The van der Waals surface area contributed by atoms with Gasteiger partial charge in [0.1, 0.15) is 36.5 Å². The Labute approximate surface area is 198 Å². The Morgan fingerprint density at radius 1 is 1.00 bits per heavy atom. The monoisotopic (exact) mass is 472 g/mol. The molecule has 2 amide bonds. The number of hydrogen-bond acceptors (Lipinski definition) is 4. The quantitative estimate of drug-likeness (QED) is 0.636. The van der Waals surface area contributed by atoms with Crippen LogP contribution in [-0.4, -0.2) is 37.6 Å². The maximum atomic E-state index is 14.0. The zero-order chi connectivity index (χ0) is 24.3. The number of carbonyl (C=O) groups is 2. The lowest BCUT2D eigenvalue weighted by molar-refractivity contribution is -0.124. The predicted molar refractivity (Wildman–Crippen MR) is 123 cm³/mol. The number of amides is 2. The molecule has 8 heteroatoms. The number of fused-ring (bicyclic) bond motifs is 1. The first kappa shape index (κ1) is 24.0. The summed E-state index contributed by atoms with van der Waals surface area (Å²) in [7, 11) is 0. The molecule has 34 heavy (non-hydrogen) atoms. The van der Waals surface area contributed by atoms with Gasteiger partial charge in [-0.2, -0.15) is 0 Å². The van der Waals surface area contributed by atoms with Gasteiger partial charge in [0.15, 0.2) is 11.5 Å². The van der Waals surface area contributed by atoms with Crippen LogP contribution in [-0.2, 0) is 10.2 Å². The first-order valence-electron chi connectivity index (χ1n) is 11.7. The Balaban J connectivity index is 1.49. The molecule has 2 aromatic carbocycles. The highest BCUT2D eigenvalue weighted by atomic mass is 19.1. The van der Waals surface area contributed by atoms with Crippen LogP contribution in [0.25, 0.3) is 0 Å². The largest absolute Gasteiger partial charge is 0.486 e. The molecule has 6 nitrogen and oxygen atoms in total. The van der Waals surface area contributed by atoms with Crippen LogP contribution < -0.4 is 20.1 Å². The summed E-state index contributed by atoms with van der Waals surface area (Å²) in [5.74, 6) is -2.13. The highest BCUT2D eigenvalue weighted by Gasteiger charge is 2.38. The van der Waals surface area contributed by atoms with Crippen molar-refractivity contribution in [1.82, 2.24) is 10.6 Å². The fourth-order valence-electron chi connectivity index (χ4n) is 4.82. The minimum Gasteiger partial charge on any atom is -0.486 e. The normalized spacial score (nSPS) is 17.3. The van der Waals surface area contributed by atoms with Crippen LogP contribution >= 0.6 is 0 Å². The van der Waals surface area contributed by atoms with Crippen LogP contribution in [0.15, 0.2) is 36.4 Å². The van der Waals surface area contributed by atoms with E-state index in [9.17, 15) is 18.4 Å². The summed E-state index contributed by atoms with van der Waals surface area (Å²) < 4.78 is 39.5. The van der Waals surface area contributed by atoms with E-state index in [1.54, 1.807) is 13.8 Å². The third-order valence-corrected chi connectivity index (χ3v) is 6.74. The van der Waals surface area contributed by atoms with Gasteiger partial charge >= 0.3 is 0 Å². The molecule has 0 aromatic heterocycles. The minimum absolute atomic E-state index is 0.255. The molecule has 0 saturated heterocycles. The number of hydrogen-bond donors (Lipinski definition) is 2. The molecule has 182 valence electrons. The maximum Gasteiger partial charge on any atom is 0.257 e. The molecule has 1 aliphatic carbocycles. The molecule has 1 atom stereocenters. The van der Waals surface area contributed by atoms with Crippen molar-refractivity contribution in [2.75, 3.05) is 19.8 Å². The fourth-order valence-corrected chi connectivity index (χ4v) is 4.82. The SMILES string of the molecule is CC(C)[C@@H](NC(=O)c1c(F)cccc1F)C(=O)NCC1(c2ccc3c(c2)OCCO3)CCCC1. The number of benzene rings is 2. The van der Waals surface area contributed by atoms with Crippen molar-refractivity contribution in [1.29, 1.82) is 0 Å². The topological polar surface area (TPSA) is 76.7 Å². The van der Waals surface area contributed by atoms with Gasteiger partial charge in [0.05, 0.1) is 0 Å². The second kappa shape index (κ2) is 9.99. The Bertz CT molecular complexity index is 1050. The molecule has 0 unspecified atom stereocenters. The number of rotatable bonds is 7. The van der Waals surface area contributed by atoms with Crippen LogP contribution in [0.2, 0.25) is 0 Å². The average Bonchev–Trinajstić information content (AvgIpc) is 3.30. The van der Waals surface area contributed by atoms with E-state index in [-0.39, 0.29) is 17.2 Å². The molecular formula is C26H30F2N2O4. The highest BCUT2D eigenvalue weighted by molar-refractivity contribution is 5.98. The second-order valence-corrected chi connectivity index (χ2v) is 9.36. The van der Waals surface area contributed by atoms with Gasteiger partial charge < -0.3 is 20.1 Å². The van der Waals surface area contributed by atoms with Gasteiger partial charge in [-0.15, -0.1) is 0 Å². The molecule has 1 saturated carbocycles. The van der Waals surface area contributed by atoms with Crippen molar-refractivity contribution in [2.45, 2.75) is 51.0 Å². The van der Waals surface area contributed by atoms with Crippen LogP contribution in [0.3, 0.4) is 0 Å². The molecule has 0 bridgehead atoms. The number of ether oxygens (including phenoxy) is 2. The molecule has 1 fully saturated rings. The van der Waals surface area contributed by atoms with E-state index in [4.69, 9.17) is 9.47 Å². The van der Waals surface area contributed by atoms with Crippen molar-refractivity contribution >= 4 is 11.8 Å². The van der Waals surface area contributed by atoms with Gasteiger partial charge in [0.2, 0.25) is 5.91 Å². The van der Waals surface area contributed by atoms with E-state index in [2.05, 4.69) is 10.6 Å². The third-order valence-electron chi connectivity index (χ3n) is 6.74. The highest BCUT2D eigenvalue weighted by Crippen LogP contribution is 2.43. The molecule has 1 aliphatic heterocycles. The van der Waals surface area contributed by atoms with Crippen LogP contribution in [0, 0.1) is 17.6 Å². The summed E-state index contributed by atoms with van der Waals surface area (Å²) in [4.78, 5) is 25.7. The predicted octanol–water partition coefficient (Wildman–Crippen LogP) is 4.12. The van der Waals surface area contributed by atoms with Crippen LogP contribution in [0.4, 0.5) is 8.78 Å². The lowest BCUT2D eigenvalue weighted by Gasteiger charge is -2.32. The first-order chi connectivity index (χ1) is 16.3. The minimum atomic E-state index is -0.969. The number of halogens is 2. The Morgan fingerprint density at radius 2 is 1.65 bits per heavy atom. The van der Waals surface area contributed by atoms with Gasteiger partial charge in [0.25, 0.3) is 5.91 Å². The Kier molecular flexibility index (Phi) is 7.05. The first-order valence-corrected chi connectivity index (χ1v) is 11.7. The summed E-state index contributed by atoms with van der Waals surface area (Å²) in [6.07, 6.45) is 3.90. The molecule has 2 aromatic rings. The van der Waals surface area contributed by atoms with Gasteiger partial charge in [-0.1, -0.05) is 38.8 Å². The van der Waals surface area contributed by atoms with E-state index >= 15 is 0 Å². The zero-order valence-corrected chi connectivity index (χ0v) is 19.5. The van der Waals surface area contributed by atoms with Gasteiger partial charge in [-0.3, -0.25) is 9.59 Å². The van der Waals surface area contributed by atoms with Gasteiger partial charge in [-0.25, -0.2) is 8.78 Å². The molecule has 2 N–H and O–H groups in total. The Hall–Kier alpha value is -3.16. The van der Waals surface area contributed by atoms with Gasteiger partial charge in [-0.05, 0) is 48.6 Å². The van der Waals surface area contributed by atoms with Gasteiger partial charge in [0, 0.05) is 12.0 Å². The summed E-state index contributed by atoms with van der Waals surface area (Å²) in [6.45, 7) is 4.95. The fraction of sp³-hybridized carbons (Fsp3) is 0.462. The van der Waals surface area contributed by atoms with Crippen molar-refractivity contribution in [3.63, 3.8) is 0 Å². The van der Waals surface area contributed by atoms with Crippen molar-refractivity contribution in [3.8, 4) is 11.5 Å². The smallest absolute Gasteiger partial charge is 0.257 e. The van der Waals surface area contributed by atoms with E-state index < -0.39 is 29.1 Å². The van der Waals surface area contributed by atoms with Crippen molar-refractivity contribution in [3.05, 3.63) is 59.2 Å². The molecule has 4 rings (SSSR count). The van der Waals surface area contributed by atoms with Crippen molar-refractivity contribution in [2.24, 2.45) is 5.92 Å². The lowest BCUT2D eigenvalue weighted by Crippen LogP contribution is -2.52. The summed E-state index contributed by atoms with van der Waals surface area (Å²) in [5.41, 5.74) is 0.131. The summed E-state index contributed by atoms with van der Waals surface area (Å²) in [6, 6.07) is 8.20. The molecule has 0 radical (unpaired) electrons. The third kappa shape index (κ3) is 4.86. The van der Waals surface area contributed by atoms with E-state index in [1.165, 1.54) is 6.07 Å². The molecule has 1 heterocycles. The standard InChI is InChI=1S/C26H30F2N2O4/c1-16(2)23(30-24(31)22-18(27)6-5-7-19(22)28)25(32)29-15-26(10-3-4-11-26)17-8-9-20-21(14-17)34-13-12-33-20/h5-9,14,16,23H,3-4,10-13,15H2,1-2H3,(H,29,32)(H,30,31)/t23-/m1/s1. The lowest BCUT2D eigenvalue weighted by atomic mass is 9.78. The maximum absolute atomic E-state index is 14.0.